The van der Waals surface area contributed by atoms with E-state index in [-0.39, 0.29) is 17.7 Å². The second-order valence-electron chi connectivity index (χ2n) is 9.25. The number of benzene rings is 2. The van der Waals surface area contributed by atoms with Gasteiger partial charge in [-0.15, -0.1) is 0 Å². The number of amides is 3. The van der Waals surface area contributed by atoms with Gasteiger partial charge >= 0.3 is 0 Å². The first-order valence-electron chi connectivity index (χ1n) is 12.6. The van der Waals surface area contributed by atoms with Gasteiger partial charge in [0.05, 0.1) is 11.4 Å². The fourth-order valence-electron chi connectivity index (χ4n) is 4.75. The van der Waals surface area contributed by atoms with Crippen molar-refractivity contribution in [2.45, 2.75) is 0 Å². The highest BCUT2D eigenvalue weighted by Gasteiger charge is 2.26. The van der Waals surface area contributed by atoms with Crippen molar-refractivity contribution in [1.29, 1.82) is 0 Å². The van der Waals surface area contributed by atoms with Crippen LogP contribution in [-0.4, -0.2) is 84.9 Å². The van der Waals surface area contributed by atoms with Crippen LogP contribution in [0.25, 0.3) is 0 Å². The van der Waals surface area contributed by atoms with Crippen LogP contribution in [-0.2, 0) is 0 Å². The molecule has 3 heterocycles. The standard InChI is InChI=1S/C28H29ClN6O3/c29-23-3-1-2-21(18-23)26(36)32-24-19-22(28(38)34-12-10-31-11-13-34)4-5-25(24)33-14-16-35(17-15-33)27(37)20-6-8-30-9-7-20/h1-9,18-19,31H,10-17H2,(H,32,36). The van der Waals surface area contributed by atoms with Crippen LogP contribution < -0.4 is 15.5 Å². The summed E-state index contributed by atoms with van der Waals surface area (Å²) < 4.78 is 0. The summed E-state index contributed by atoms with van der Waals surface area (Å²) in [5.41, 5.74) is 2.90. The number of carbonyl (C=O) groups excluding carboxylic acids is 3. The molecule has 9 nitrogen and oxygen atoms in total. The molecular weight excluding hydrogens is 504 g/mol. The van der Waals surface area contributed by atoms with Gasteiger partial charge in [0.15, 0.2) is 0 Å². The SMILES string of the molecule is O=C(Nc1cc(C(=O)N2CCNCC2)ccc1N1CCN(C(=O)c2ccncc2)CC1)c1cccc(Cl)c1. The average Bonchev–Trinajstić information content (AvgIpc) is 2.97. The molecule has 3 aromatic rings. The van der Waals surface area contributed by atoms with E-state index in [1.165, 1.54) is 0 Å². The van der Waals surface area contributed by atoms with Crippen molar-refractivity contribution in [1.82, 2.24) is 20.1 Å². The molecule has 1 aromatic heterocycles. The van der Waals surface area contributed by atoms with E-state index in [0.717, 1.165) is 18.8 Å². The van der Waals surface area contributed by atoms with Gasteiger partial charge in [0.1, 0.15) is 0 Å². The predicted octanol–water partition coefficient (Wildman–Crippen LogP) is 3.00. The van der Waals surface area contributed by atoms with Crippen LogP contribution in [0.2, 0.25) is 5.02 Å². The van der Waals surface area contributed by atoms with Gasteiger partial charge in [0.2, 0.25) is 0 Å². The fourth-order valence-corrected chi connectivity index (χ4v) is 4.94. The van der Waals surface area contributed by atoms with E-state index >= 15 is 0 Å². The van der Waals surface area contributed by atoms with Gasteiger partial charge < -0.3 is 25.3 Å². The van der Waals surface area contributed by atoms with Gasteiger partial charge in [0, 0.05) is 86.5 Å². The van der Waals surface area contributed by atoms with Gasteiger partial charge in [-0.3, -0.25) is 19.4 Å². The molecule has 0 bridgehead atoms. The molecule has 0 unspecified atom stereocenters. The van der Waals surface area contributed by atoms with Gasteiger partial charge in [-0.05, 0) is 48.5 Å². The Labute approximate surface area is 226 Å². The van der Waals surface area contributed by atoms with Crippen molar-refractivity contribution in [2.24, 2.45) is 0 Å². The van der Waals surface area contributed by atoms with E-state index in [1.807, 2.05) is 21.9 Å². The Morgan fingerprint density at radius 2 is 1.45 bits per heavy atom. The minimum absolute atomic E-state index is 0.0292. The summed E-state index contributed by atoms with van der Waals surface area (Å²) in [6.07, 6.45) is 3.23. The van der Waals surface area contributed by atoms with Crippen molar-refractivity contribution < 1.29 is 14.4 Å². The highest BCUT2D eigenvalue weighted by molar-refractivity contribution is 6.31. The van der Waals surface area contributed by atoms with E-state index in [2.05, 4.69) is 20.5 Å². The number of aromatic nitrogens is 1. The lowest BCUT2D eigenvalue weighted by atomic mass is 10.1. The third kappa shape index (κ3) is 5.79. The molecule has 0 atom stereocenters. The molecule has 2 N–H and O–H groups in total. The number of anilines is 2. The molecule has 2 saturated heterocycles. The summed E-state index contributed by atoms with van der Waals surface area (Å²) in [5, 5.41) is 6.72. The monoisotopic (exact) mass is 532 g/mol. The zero-order valence-corrected chi connectivity index (χ0v) is 21.7. The van der Waals surface area contributed by atoms with Crippen molar-refractivity contribution in [3.8, 4) is 0 Å². The Balaban J connectivity index is 1.37. The summed E-state index contributed by atoms with van der Waals surface area (Å²) in [5.74, 6) is -0.408. The molecule has 196 valence electrons. The molecule has 5 rings (SSSR count). The van der Waals surface area contributed by atoms with Crippen LogP contribution in [0.1, 0.15) is 31.1 Å². The molecule has 2 aliphatic rings. The maximum atomic E-state index is 13.2. The quantitative estimate of drug-likeness (QED) is 0.524. The van der Waals surface area contributed by atoms with Crippen LogP contribution in [0.15, 0.2) is 67.0 Å². The number of pyridine rings is 1. The Kier molecular flexibility index (Phi) is 7.86. The Hall–Kier alpha value is -3.95. The molecule has 0 spiro atoms. The molecule has 0 aliphatic carbocycles. The number of piperazine rings is 2. The molecule has 10 heteroatoms. The maximum absolute atomic E-state index is 13.2. The number of rotatable bonds is 5. The molecule has 2 aliphatic heterocycles. The third-order valence-corrected chi connectivity index (χ3v) is 7.05. The van der Waals surface area contributed by atoms with Crippen molar-refractivity contribution in [3.63, 3.8) is 0 Å². The van der Waals surface area contributed by atoms with Crippen LogP contribution in [0.4, 0.5) is 11.4 Å². The largest absolute Gasteiger partial charge is 0.366 e. The van der Waals surface area contributed by atoms with E-state index in [9.17, 15) is 14.4 Å². The number of nitrogens with one attached hydrogen (secondary N) is 2. The van der Waals surface area contributed by atoms with E-state index < -0.39 is 0 Å². The smallest absolute Gasteiger partial charge is 0.255 e. The first-order valence-corrected chi connectivity index (χ1v) is 13.0. The molecule has 0 saturated carbocycles. The lowest BCUT2D eigenvalue weighted by Gasteiger charge is -2.37. The number of hydrogen-bond acceptors (Lipinski definition) is 6. The van der Waals surface area contributed by atoms with Crippen molar-refractivity contribution >= 4 is 40.7 Å². The first kappa shape index (κ1) is 25.7. The van der Waals surface area contributed by atoms with Crippen LogP contribution in [0, 0.1) is 0 Å². The first-order chi connectivity index (χ1) is 18.5. The predicted molar refractivity (Wildman–Crippen MR) is 147 cm³/mol. The minimum Gasteiger partial charge on any atom is -0.366 e. The second-order valence-corrected chi connectivity index (χ2v) is 9.69. The van der Waals surface area contributed by atoms with Crippen molar-refractivity contribution in [3.05, 3.63) is 88.7 Å². The Morgan fingerprint density at radius 1 is 0.763 bits per heavy atom. The lowest BCUT2D eigenvalue weighted by Crippen LogP contribution is -2.49. The van der Waals surface area contributed by atoms with Gasteiger partial charge in [-0.2, -0.15) is 0 Å². The molecule has 2 fully saturated rings. The molecule has 2 aromatic carbocycles. The highest BCUT2D eigenvalue weighted by atomic mass is 35.5. The maximum Gasteiger partial charge on any atom is 0.255 e. The number of carbonyl (C=O) groups is 3. The third-order valence-electron chi connectivity index (χ3n) is 6.82. The van der Waals surface area contributed by atoms with Crippen LogP contribution in [0.3, 0.4) is 0 Å². The average molecular weight is 533 g/mol. The Morgan fingerprint density at radius 3 is 2.16 bits per heavy atom. The topological polar surface area (TPSA) is 97.9 Å². The highest BCUT2D eigenvalue weighted by Crippen LogP contribution is 2.30. The number of nitrogens with zero attached hydrogens (tertiary/aromatic N) is 4. The fraction of sp³-hybridized carbons (Fsp3) is 0.286. The molecular formula is C28H29ClN6O3. The summed E-state index contributed by atoms with van der Waals surface area (Å²) in [6.45, 7) is 5.02. The van der Waals surface area contributed by atoms with Crippen LogP contribution >= 0.6 is 11.6 Å². The zero-order valence-electron chi connectivity index (χ0n) is 20.9. The summed E-state index contributed by atoms with van der Waals surface area (Å²) in [4.78, 5) is 49.0. The summed E-state index contributed by atoms with van der Waals surface area (Å²) in [7, 11) is 0. The molecule has 3 amide bonds. The van der Waals surface area contributed by atoms with Crippen molar-refractivity contribution in [2.75, 3.05) is 62.6 Å². The normalized spacial score (nSPS) is 15.8. The van der Waals surface area contributed by atoms with E-state index in [4.69, 9.17) is 11.6 Å². The Bertz CT molecular complexity index is 1320. The minimum atomic E-state index is -0.313. The lowest BCUT2D eigenvalue weighted by molar-refractivity contribution is 0.0731. The molecule has 0 radical (unpaired) electrons. The van der Waals surface area contributed by atoms with E-state index in [0.29, 0.717) is 66.7 Å². The summed E-state index contributed by atoms with van der Waals surface area (Å²) in [6, 6.07) is 15.6. The van der Waals surface area contributed by atoms with Gasteiger partial charge in [0.25, 0.3) is 17.7 Å². The molecule has 38 heavy (non-hydrogen) atoms. The zero-order chi connectivity index (χ0) is 26.5. The van der Waals surface area contributed by atoms with E-state index in [1.54, 1.807) is 54.9 Å². The number of hydrogen-bond donors (Lipinski definition) is 2. The second kappa shape index (κ2) is 11.6. The number of halogens is 1. The van der Waals surface area contributed by atoms with Gasteiger partial charge in [-0.1, -0.05) is 17.7 Å². The summed E-state index contributed by atoms with van der Waals surface area (Å²) >= 11 is 6.10. The van der Waals surface area contributed by atoms with Gasteiger partial charge in [-0.25, -0.2) is 0 Å². The van der Waals surface area contributed by atoms with Crippen LogP contribution in [0.5, 0.6) is 0 Å².